The first-order valence-electron chi connectivity index (χ1n) is 9.02. The van der Waals surface area contributed by atoms with Gasteiger partial charge in [-0.3, -0.25) is 0 Å². The zero-order chi connectivity index (χ0) is 18.8. The highest BCUT2D eigenvalue weighted by molar-refractivity contribution is 7.10. The molecule has 1 aliphatic heterocycles. The van der Waals surface area contributed by atoms with E-state index in [-0.39, 0.29) is 18.0 Å². The zero-order valence-electron chi connectivity index (χ0n) is 15.3. The summed E-state index contributed by atoms with van der Waals surface area (Å²) in [6.07, 6.45) is 0.754. The van der Waals surface area contributed by atoms with Crippen molar-refractivity contribution in [3.05, 3.63) is 76.1 Å². The molecule has 2 heterocycles. The molecule has 3 aromatic rings. The van der Waals surface area contributed by atoms with Crippen LogP contribution in [0.5, 0.6) is 0 Å². The molecular weight excluding hydrogens is 354 g/mol. The molecule has 0 saturated heterocycles. The van der Waals surface area contributed by atoms with Crippen molar-refractivity contribution in [1.29, 1.82) is 0 Å². The summed E-state index contributed by atoms with van der Waals surface area (Å²) in [6.45, 7) is 4.00. The summed E-state index contributed by atoms with van der Waals surface area (Å²) in [7, 11) is 0. The molecule has 0 radical (unpaired) electrons. The molecule has 5 heteroatoms. The van der Waals surface area contributed by atoms with Gasteiger partial charge in [-0.2, -0.15) is 0 Å². The van der Waals surface area contributed by atoms with E-state index in [9.17, 15) is 4.79 Å². The van der Waals surface area contributed by atoms with E-state index in [4.69, 9.17) is 4.98 Å². The number of aromatic nitrogens is 1. The molecule has 2 aromatic carbocycles. The highest BCUT2D eigenvalue weighted by atomic mass is 32.1. The Kier molecular flexibility index (Phi) is 4.86. The second kappa shape index (κ2) is 7.45. The Morgan fingerprint density at radius 3 is 2.52 bits per heavy atom. The number of nitrogens with zero attached hydrogens (tertiary/aromatic N) is 2. The van der Waals surface area contributed by atoms with E-state index in [0.717, 1.165) is 28.4 Å². The van der Waals surface area contributed by atoms with Crippen molar-refractivity contribution in [3.63, 3.8) is 0 Å². The Labute approximate surface area is 163 Å². The van der Waals surface area contributed by atoms with E-state index < -0.39 is 0 Å². The molecule has 0 saturated carbocycles. The number of carbonyl (C=O) groups is 1. The van der Waals surface area contributed by atoms with Crippen molar-refractivity contribution in [1.82, 2.24) is 10.3 Å². The fourth-order valence-corrected chi connectivity index (χ4v) is 4.52. The number of carbonyl (C=O) groups excluding carboxylic acids is 1. The molecule has 2 amide bonds. The second-order valence-electron chi connectivity index (χ2n) is 6.91. The van der Waals surface area contributed by atoms with Crippen LogP contribution in [0.25, 0.3) is 11.3 Å². The Morgan fingerprint density at radius 1 is 1.04 bits per heavy atom. The largest absolute Gasteiger partial charge is 0.341 e. The molecule has 2 unspecified atom stereocenters. The summed E-state index contributed by atoms with van der Waals surface area (Å²) < 4.78 is 0. The summed E-state index contributed by atoms with van der Waals surface area (Å²) >= 11 is 1.63. The van der Waals surface area contributed by atoms with Crippen LogP contribution in [0.15, 0.2) is 65.0 Å². The van der Waals surface area contributed by atoms with Gasteiger partial charge in [0.2, 0.25) is 0 Å². The average Bonchev–Trinajstić information content (AvgIpc) is 3.12. The highest BCUT2D eigenvalue weighted by Crippen LogP contribution is 2.32. The Balaban J connectivity index is 1.65. The monoisotopic (exact) mass is 375 g/mol. The van der Waals surface area contributed by atoms with E-state index in [2.05, 4.69) is 59.0 Å². The van der Waals surface area contributed by atoms with Crippen LogP contribution in [0.1, 0.15) is 29.0 Å². The van der Waals surface area contributed by atoms with Gasteiger partial charge in [0.15, 0.2) is 0 Å². The lowest BCUT2D eigenvalue weighted by molar-refractivity contribution is 0.242. The Bertz CT molecular complexity index is 976. The standard InChI is InChI=1S/C22H21N3OS/c1-14-8-10-17(11-9-14)19-13-27-21(24-19)20-15(2)23-22(26)25-18(20)12-16-6-4-3-5-7-16/h3-11,13,18,20H,12H2,1-2H3,(H,25,26). The summed E-state index contributed by atoms with van der Waals surface area (Å²) in [5, 5.41) is 6.12. The van der Waals surface area contributed by atoms with Crippen LogP contribution in [0, 0.1) is 6.92 Å². The number of amides is 2. The van der Waals surface area contributed by atoms with E-state index in [0.29, 0.717) is 0 Å². The van der Waals surface area contributed by atoms with Crippen LogP contribution < -0.4 is 5.32 Å². The van der Waals surface area contributed by atoms with Gasteiger partial charge in [0.1, 0.15) is 5.01 Å². The number of rotatable bonds is 4. The minimum Gasteiger partial charge on any atom is -0.332 e. The van der Waals surface area contributed by atoms with E-state index >= 15 is 0 Å². The molecule has 1 N–H and O–H groups in total. The first-order valence-corrected chi connectivity index (χ1v) is 9.90. The van der Waals surface area contributed by atoms with Crippen molar-refractivity contribution in [3.8, 4) is 11.3 Å². The fourth-order valence-electron chi connectivity index (χ4n) is 3.47. The first-order chi connectivity index (χ1) is 13.1. The molecule has 0 fully saturated rings. The van der Waals surface area contributed by atoms with Gasteiger partial charge in [-0.05, 0) is 25.8 Å². The SMILES string of the molecule is CC1=NC(=O)NC(Cc2ccccc2)C1c1nc(-c2ccc(C)cc2)cs1. The van der Waals surface area contributed by atoms with Crippen molar-refractivity contribution in [2.45, 2.75) is 32.2 Å². The van der Waals surface area contributed by atoms with Crippen LogP contribution in [0.3, 0.4) is 0 Å². The fraction of sp³-hybridized carbons (Fsp3) is 0.227. The number of nitrogens with one attached hydrogen (secondary N) is 1. The molecule has 1 aromatic heterocycles. The summed E-state index contributed by atoms with van der Waals surface area (Å²) in [5.74, 6) is -0.00731. The maximum Gasteiger partial charge on any atom is 0.341 e. The van der Waals surface area contributed by atoms with Crippen LogP contribution >= 0.6 is 11.3 Å². The van der Waals surface area contributed by atoms with Crippen LogP contribution in [-0.2, 0) is 6.42 Å². The molecule has 0 spiro atoms. The zero-order valence-corrected chi connectivity index (χ0v) is 16.2. The van der Waals surface area contributed by atoms with Gasteiger partial charge >= 0.3 is 6.03 Å². The number of hydrogen-bond acceptors (Lipinski definition) is 3. The van der Waals surface area contributed by atoms with Crippen molar-refractivity contribution >= 4 is 23.1 Å². The van der Waals surface area contributed by atoms with E-state index in [1.54, 1.807) is 11.3 Å². The van der Waals surface area contributed by atoms with E-state index in [1.165, 1.54) is 11.1 Å². The van der Waals surface area contributed by atoms with Crippen LogP contribution in [-0.4, -0.2) is 22.8 Å². The molecule has 27 heavy (non-hydrogen) atoms. The number of aryl methyl sites for hydroxylation is 1. The number of hydrogen-bond donors (Lipinski definition) is 1. The average molecular weight is 375 g/mol. The highest BCUT2D eigenvalue weighted by Gasteiger charge is 2.33. The summed E-state index contributed by atoms with van der Waals surface area (Å²) in [6, 6.07) is 18.3. The maximum absolute atomic E-state index is 12.0. The number of thiazole rings is 1. The first kappa shape index (κ1) is 17.6. The molecule has 0 bridgehead atoms. The van der Waals surface area contributed by atoms with Crippen molar-refractivity contribution in [2.75, 3.05) is 0 Å². The minimum atomic E-state index is -0.264. The molecule has 1 aliphatic rings. The lowest BCUT2D eigenvalue weighted by atomic mass is 9.89. The van der Waals surface area contributed by atoms with Gasteiger partial charge in [0.05, 0.1) is 11.6 Å². The van der Waals surface area contributed by atoms with Crippen molar-refractivity contribution < 1.29 is 4.79 Å². The normalized spacial score (nSPS) is 19.5. The lowest BCUT2D eigenvalue weighted by Gasteiger charge is -2.29. The van der Waals surface area contributed by atoms with Gasteiger partial charge in [-0.25, -0.2) is 14.8 Å². The maximum atomic E-state index is 12.0. The Hall–Kier alpha value is -2.79. The van der Waals surface area contributed by atoms with Gasteiger partial charge in [0, 0.05) is 22.7 Å². The summed E-state index contributed by atoms with van der Waals surface area (Å²) in [4.78, 5) is 21.0. The minimum absolute atomic E-state index is 0.00731. The third kappa shape index (κ3) is 3.83. The topological polar surface area (TPSA) is 54.4 Å². The predicted octanol–water partition coefficient (Wildman–Crippen LogP) is 5.00. The molecule has 2 atom stereocenters. The van der Waals surface area contributed by atoms with Crippen LogP contribution in [0.2, 0.25) is 0 Å². The Morgan fingerprint density at radius 2 is 1.78 bits per heavy atom. The molecule has 0 aliphatic carbocycles. The molecule has 4 rings (SSSR count). The molecule has 136 valence electrons. The van der Waals surface area contributed by atoms with Crippen molar-refractivity contribution in [2.24, 2.45) is 4.99 Å². The van der Waals surface area contributed by atoms with Gasteiger partial charge in [-0.15, -0.1) is 11.3 Å². The summed E-state index contributed by atoms with van der Waals surface area (Å²) in [5.41, 5.74) is 5.33. The quantitative estimate of drug-likeness (QED) is 0.698. The van der Waals surface area contributed by atoms with Gasteiger partial charge in [0.25, 0.3) is 0 Å². The third-order valence-corrected chi connectivity index (χ3v) is 5.80. The number of benzene rings is 2. The lowest BCUT2D eigenvalue weighted by Crippen LogP contribution is -2.46. The van der Waals surface area contributed by atoms with E-state index in [1.807, 2.05) is 25.1 Å². The molecule has 4 nitrogen and oxygen atoms in total. The number of urea groups is 1. The molecular formula is C22H21N3OS. The van der Waals surface area contributed by atoms with Gasteiger partial charge in [-0.1, -0.05) is 60.2 Å². The number of aliphatic imine (C=N–C) groups is 1. The van der Waals surface area contributed by atoms with Crippen LogP contribution in [0.4, 0.5) is 4.79 Å². The van der Waals surface area contributed by atoms with Gasteiger partial charge < -0.3 is 5.32 Å². The smallest absolute Gasteiger partial charge is 0.332 e. The second-order valence-corrected chi connectivity index (χ2v) is 7.80. The third-order valence-electron chi connectivity index (χ3n) is 4.87. The predicted molar refractivity (Wildman–Crippen MR) is 111 cm³/mol.